The second kappa shape index (κ2) is 44.0. The predicted molar refractivity (Wildman–Crippen MR) is 438 cm³/mol. The van der Waals surface area contributed by atoms with E-state index in [-0.39, 0.29) is 23.0 Å². The molecule has 11 aromatic rings. The fourth-order valence-corrected chi connectivity index (χ4v) is 11.1. The van der Waals surface area contributed by atoms with E-state index in [0.29, 0.717) is 103 Å². The van der Waals surface area contributed by atoms with Gasteiger partial charge in [-0.1, -0.05) is 178 Å². The number of halogens is 11. The lowest BCUT2D eigenvalue weighted by Crippen LogP contribution is -2.21. The number of benzene rings is 11. The third kappa shape index (κ3) is 27.3. The number of likely N-dealkylation sites (N-methyl/N-ethyl adjacent to an activating group) is 1. The Morgan fingerprint density at radius 1 is 0.370 bits per heavy atom. The zero-order chi connectivity index (χ0) is 78.2. The summed E-state index contributed by atoms with van der Waals surface area (Å²) in [5.74, 6) is 4.68. The summed E-state index contributed by atoms with van der Waals surface area (Å²) in [4.78, 5) is 9.67. The zero-order valence-corrected chi connectivity index (χ0v) is 66.0. The summed E-state index contributed by atoms with van der Waals surface area (Å²) in [6.07, 6.45) is 7.46. The Morgan fingerprint density at radius 3 is 1.03 bits per heavy atom. The standard InChI is InChI=1S/C20H17ClFNO.C18H19ClFNO.C16H12Cl3NO.C16H17ClFNO2.C15H15ClFNO2/c1-23(14-15-7-3-2-4-8-15)18-12-11-16(21)13-20(18)24-19-10-6-5-9-17(19)22;1-13(2)10-11-21(3)16-9-8-14(19)12-18(16)22-17-7-5-4-6-15(17)20;1-3-8-20(2)14-6-4-12(18)10-16(14)21-15-7-5-11(17)9-13(15)19;1-3-20-11-19(2)14-9-8-12(17)10-16(14)21-15-7-5-4-6-13(15)18;1-18(10-19-2)13-8-7-11(16)9-15(13)20-14-6-4-3-5-12(14)17/h2-13H,14H2,1H3;4-10,12H,11H2,1-3H3;1,4-7,9-10H,8H2,2H3;4-10H,3,11H2,1-2H3;3-9H,10H2,1-2H3. The van der Waals surface area contributed by atoms with Gasteiger partial charge in [0.25, 0.3) is 0 Å². The first-order valence-corrected chi connectivity index (χ1v) is 36.0. The molecule has 0 N–H and O–H groups in total. The van der Waals surface area contributed by atoms with E-state index in [1.165, 1.54) is 35.4 Å². The maximum atomic E-state index is 13.9. The van der Waals surface area contributed by atoms with Gasteiger partial charge in [-0.15, -0.1) is 6.42 Å². The van der Waals surface area contributed by atoms with E-state index in [2.05, 4.69) is 24.1 Å². The van der Waals surface area contributed by atoms with Crippen LogP contribution in [0, 0.1) is 35.6 Å². The molecule has 0 radical (unpaired) electrons. The monoisotopic (exact) mass is 1600 g/mol. The molecule has 11 rings (SSSR count). The van der Waals surface area contributed by atoms with Crippen LogP contribution in [-0.2, 0) is 16.0 Å². The Kier molecular flexibility index (Phi) is 34.9. The van der Waals surface area contributed by atoms with Crippen molar-refractivity contribution in [2.75, 3.05) is 100 Å². The van der Waals surface area contributed by atoms with Crippen LogP contribution in [0.1, 0.15) is 26.3 Å². The van der Waals surface area contributed by atoms with Crippen molar-refractivity contribution < 1.29 is 50.7 Å². The summed E-state index contributed by atoms with van der Waals surface area (Å²) in [7, 11) is 11.1. The summed E-state index contributed by atoms with van der Waals surface area (Å²) in [5, 5.41) is 3.66. The normalized spacial score (nSPS) is 10.3. The van der Waals surface area contributed by atoms with Crippen molar-refractivity contribution in [2.24, 2.45) is 0 Å². The maximum absolute atomic E-state index is 13.9. The molecule has 0 unspecified atom stereocenters. The quantitative estimate of drug-likeness (QED) is 0.0237. The van der Waals surface area contributed by atoms with Crippen molar-refractivity contribution in [3.8, 4) is 69.8 Å². The lowest BCUT2D eigenvalue weighted by Gasteiger charge is -2.22. The van der Waals surface area contributed by atoms with E-state index < -0.39 is 23.3 Å². The predicted octanol–water partition coefficient (Wildman–Crippen LogP) is 26.1. The summed E-state index contributed by atoms with van der Waals surface area (Å²) >= 11 is 42.2. The Bertz CT molecular complexity index is 4770. The van der Waals surface area contributed by atoms with Gasteiger partial charge < -0.3 is 57.7 Å². The first-order chi connectivity index (χ1) is 51.8. The third-order valence-corrected chi connectivity index (χ3v) is 16.9. The molecule has 0 aromatic heterocycles. The van der Waals surface area contributed by atoms with Crippen molar-refractivity contribution in [3.05, 3.63) is 312 Å². The lowest BCUT2D eigenvalue weighted by molar-refractivity contribution is 0.150. The van der Waals surface area contributed by atoms with E-state index in [1.54, 1.807) is 165 Å². The fourth-order valence-electron chi connectivity index (χ4n) is 9.83. The van der Waals surface area contributed by atoms with Gasteiger partial charge in [0.05, 0.1) is 40.0 Å². The molecule has 11 aromatic carbocycles. The highest BCUT2D eigenvalue weighted by Gasteiger charge is 2.19. The number of para-hydroxylation sites is 4. The van der Waals surface area contributed by atoms with Crippen LogP contribution in [-0.4, -0.2) is 75.5 Å². The molecule has 0 aliphatic rings. The number of ether oxygens (including phenoxy) is 7. The summed E-state index contributed by atoms with van der Waals surface area (Å²) in [5.41, 5.74) is 6.46. The van der Waals surface area contributed by atoms with Crippen molar-refractivity contribution in [2.45, 2.75) is 27.3 Å². The molecule has 0 heterocycles. The van der Waals surface area contributed by atoms with E-state index in [4.69, 9.17) is 121 Å². The number of anilines is 5. The topological polar surface area (TPSA) is 80.8 Å². The Hall–Kier alpha value is -9.61. The molecule has 0 atom stereocenters. The Morgan fingerprint density at radius 2 is 0.685 bits per heavy atom. The number of allylic oxidation sites excluding steroid dienone is 1. The van der Waals surface area contributed by atoms with Crippen molar-refractivity contribution >= 4 is 110 Å². The van der Waals surface area contributed by atoms with Crippen LogP contribution in [0.15, 0.2) is 248 Å². The van der Waals surface area contributed by atoms with Gasteiger partial charge in [0.1, 0.15) is 19.2 Å². The van der Waals surface area contributed by atoms with Crippen LogP contribution in [0.5, 0.6) is 57.5 Å². The average molecular weight is 1610 g/mol. The number of nitrogens with zero attached hydrogens (tertiary/aromatic N) is 5. The minimum atomic E-state index is -0.423. The molecular formula is C85H80Cl7F4N5O7. The van der Waals surface area contributed by atoms with Crippen molar-refractivity contribution in [1.82, 2.24) is 0 Å². The van der Waals surface area contributed by atoms with Crippen LogP contribution in [0.25, 0.3) is 0 Å². The number of methoxy groups -OCH3 is 1. The molecule has 0 amide bonds. The van der Waals surface area contributed by atoms with Gasteiger partial charge in [0.2, 0.25) is 0 Å². The molecule has 0 spiro atoms. The van der Waals surface area contributed by atoms with Gasteiger partial charge >= 0.3 is 0 Å². The number of rotatable bonds is 25. The third-order valence-electron chi connectivity index (χ3n) is 15.2. The van der Waals surface area contributed by atoms with Gasteiger partial charge in [-0.05, 0) is 154 Å². The van der Waals surface area contributed by atoms with Crippen LogP contribution in [0.4, 0.5) is 46.0 Å². The largest absolute Gasteiger partial charge is 0.454 e. The minimum Gasteiger partial charge on any atom is -0.454 e. The van der Waals surface area contributed by atoms with Crippen LogP contribution >= 0.6 is 81.2 Å². The molecule has 564 valence electrons. The van der Waals surface area contributed by atoms with Gasteiger partial charge in [-0.2, -0.15) is 0 Å². The highest BCUT2D eigenvalue weighted by atomic mass is 35.5. The average Bonchev–Trinajstić information content (AvgIpc) is 0.851. The zero-order valence-electron chi connectivity index (χ0n) is 60.7. The summed E-state index contributed by atoms with van der Waals surface area (Å²) in [6.45, 7) is 9.31. The number of terminal acetylenes is 1. The van der Waals surface area contributed by atoms with Gasteiger partial charge in [-0.3, -0.25) is 0 Å². The van der Waals surface area contributed by atoms with Gasteiger partial charge in [0.15, 0.2) is 75.0 Å². The molecule has 0 aliphatic heterocycles. The molecule has 0 fully saturated rings. The van der Waals surface area contributed by atoms with Crippen LogP contribution in [0.2, 0.25) is 35.2 Å². The second-order valence-corrected chi connectivity index (χ2v) is 26.9. The molecule has 0 aliphatic carbocycles. The van der Waals surface area contributed by atoms with E-state index in [9.17, 15) is 17.6 Å². The van der Waals surface area contributed by atoms with E-state index in [0.717, 1.165) is 35.0 Å². The smallest absolute Gasteiger partial charge is 0.165 e. The van der Waals surface area contributed by atoms with Crippen LogP contribution in [0.3, 0.4) is 0 Å². The Balaban J connectivity index is 0.000000188. The molecule has 0 saturated carbocycles. The minimum absolute atomic E-state index is 0.154. The molecule has 23 heteroatoms. The first-order valence-electron chi connectivity index (χ1n) is 33.4. The highest BCUT2D eigenvalue weighted by Crippen LogP contribution is 2.42. The fraction of sp³-hybridized carbons (Fsp3) is 0.176. The second-order valence-electron chi connectivity index (χ2n) is 23.9. The highest BCUT2D eigenvalue weighted by molar-refractivity contribution is 6.35. The molecule has 0 saturated heterocycles. The SMILES string of the molecule is C#CCN(C)c1ccc(Cl)cc1Oc1ccc(Cl)cc1Cl.CC(C)=CCN(C)c1ccc(Cl)cc1Oc1ccccc1F.CCOCN(C)c1ccc(Cl)cc1Oc1ccccc1F.CN(Cc1ccccc1)c1ccc(Cl)cc1Oc1ccccc1F.COCN(C)c1ccc(Cl)cc1Oc1ccccc1F. The van der Waals surface area contributed by atoms with Crippen LogP contribution < -0.4 is 48.2 Å². The summed E-state index contributed by atoms with van der Waals surface area (Å²) in [6, 6.07) is 66.8. The van der Waals surface area contributed by atoms with E-state index in [1.807, 2.05) is 123 Å². The van der Waals surface area contributed by atoms with Crippen molar-refractivity contribution in [3.63, 3.8) is 0 Å². The lowest BCUT2D eigenvalue weighted by atomic mass is 10.2. The molecule has 12 nitrogen and oxygen atoms in total. The molecule has 0 bridgehead atoms. The van der Waals surface area contributed by atoms with E-state index >= 15 is 0 Å². The van der Waals surface area contributed by atoms with Crippen molar-refractivity contribution in [1.29, 1.82) is 0 Å². The molecular weight excluding hydrogens is 1530 g/mol. The van der Waals surface area contributed by atoms with Gasteiger partial charge in [0, 0.05) is 123 Å². The van der Waals surface area contributed by atoms with Gasteiger partial charge in [-0.25, -0.2) is 17.6 Å². The Labute approximate surface area is 665 Å². The summed E-state index contributed by atoms with van der Waals surface area (Å²) < 4.78 is 94.2. The maximum Gasteiger partial charge on any atom is 0.165 e. The number of hydrogen-bond donors (Lipinski definition) is 0. The molecule has 108 heavy (non-hydrogen) atoms. The number of hydrogen-bond acceptors (Lipinski definition) is 12. The first kappa shape index (κ1) is 85.6.